The topological polar surface area (TPSA) is 110 Å². The van der Waals surface area contributed by atoms with Gasteiger partial charge < -0.3 is 20.5 Å². The van der Waals surface area contributed by atoms with Crippen molar-refractivity contribution in [3.8, 4) is 5.75 Å². The van der Waals surface area contributed by atoms with Gasteiger partial charge in [0, 0.05) is 25.1 Å². The first-order valence-corrected chi connectivity index (χ1v) is 7.98. The van der Waals surface area contributed by atoms with Crippen LogP contribution in [0, 0.1) is 5.92 Å². The molecular formula is C17H22N2O5. The third-order valence-corrected chi connectivity index (χ3v) is 4.14. The molecule has 0 radical (unpaired) electrons. The summed E-state index contributed by atoms with van der Waals surface area (Å²) in [5.41, 5.74) is 5.54. The third-order valence-electron chi connectivity index (χ3n) is 4.14. The van der Waals surface area contributed by atoms with Gasteiger partial charge in [0.25, 0.3) is 5.91 Å². The number of carbonyl (C=O) groups excluding carboxylic acids is 2. The number of amides is 2. The summed E-state index contributed by atoms with van der Waals surface area (Å²) in [6.07, 6.45) is 2.56. The molecule has 3 N–H and O–H groups in total. The quantitative estimate of drug-likeness (QED) is 0.780. The van der Waals surface area contributed by atoms with Gasteiger partial charge in [-0.2, -0.15) is 0 Å². The second-order valence-corrected chi connectivity index (χ2v) is 5.96. The van der Waals surface area contributed by atoms with E-state index in [1.807, 2.05) is 0 Å². The zero-order valence-corrected chi connectivity index (χ0v) is 13.4. The number of piperidine rings is 1. The fraction of sp³-hybridized carbons (Fsp3) is 0.471. The van der Waals surface area contributed by atoms with Crippen molar-refractivity contribution >= 4 is 17.8 Å². The van der Waals surface area contributed by atoms with Crippen LogP contribution in [-0.2, 0) is 9.59 Å². The van der Waals surface area contributed by atoms with Crippen LogP contribution in [0.4, 0.5) is 0 Å². The van der Waals surface area contributed by atoms with E-state index in [-0.39, 0.29) is 24.9 Å². The van der Waals surface area contributed by atoms with Gasteiger partial charge in [-0.15, -0.1) is 0 Å². The Labute approximate surface area is 140 Å². The van der Waals surface area contributed by atoms with Crippen LogP contribution in [0.15, 0.2) is 24.3 Å². The van der Waals surface area contributed by atoms with Crippen molar-refractivity contribution in [2.75, 3.05) is 19.7 Å². The molecule has 0 saturated carbocycles. The van der Waals surface area contributed by atoms with Crippen LogP contribution in [0.2, 0.25) is 0 Å². The zero-order valence-electron chi connectivity index (χ0n) is 13.4. The number of carboxylic acids is 1. The SMILES string of the molecule is NC(=O)c1ccc(OCC(=O)N2CCCC(CCC(=O)O)C2)cc1. The Kier molecular flexibility index (Phi) is 6.17. The van der Waals surface area contributed by atoms with Gasteiger partial charge in [-0.1, -0.05) is 0 Å². The molecule has 1 aliphatic heterocycles. The first-order valence-electron chi connectivity index (χ1n) is 7.98. The number of likely N-dealkylation sites (tertiary alicyclic amines) is 1. The van der Waals surface area contributed by atoms with Crippen LogP contribution in [0.3, 0.4) is 0 Å². The number of rotatable bonds is 7. The van der Waals surface area contributed by atoms with Crippen molar-refractivity contribution in [1.82, 2.24) is 4.90 Å². The van der Waals surface area contributed by atoms with E-state index >= 15 is 0 Å². The number of aliphatic carboxylic acids is 1. The van der Waals surface area contributed by atoms with Gasteiger partial charge in [0.15, 0.2) is 6.61 Å². The van der Waals surface area contributed by atoms with E-state index in [1.165, 1.54) is 0 Å². The lowest BCUT2D eigenvalue weighted by atomic mass is 9.93. The molecule has 1 saturated heterocycles. The summed E-state index contributed by atoms with van der Waals surface area (Å²) in [4.78, 5) is 35.6. The molecular weight excluding hydrogens is 312 g/mol. The molecule has 1 unspecified atom stereocenters. The molecule has 2 rings (SSSR count). The number of hydrogen-bond acceptors (Lipinski definition) is 4. The highest BCUT2D eigenvalue weighted by atomic mass is 16.5. The number of nitrogens with two attached hydrogens (primary N) is 1. The average Bonchev–Trinajstić information content (AvgIpc) is 2.58. The Bertz CT molecular complexity index is 600. The average molecular weight is 334 g/mol. The second kappa shape index (κ2) is 8.33. The maximum absolute atomic E-state index is 12.2. The molecule has 0 spiro atoms. The molecule has 7 heteroatoms. The molecule has 1 fully saturated rings. The minimum atomic E-state index is -0.804. The van der Waals surface area contributed by atoms with E-state index in [2.05, 4.69) is 0 Å². The number of hydrogen-bond donors (Lipinski definition) is 2. The number of nitrogens with zero attached hydrogens (tertiary/aromatic N) is 1. The number of benzene rings is 1. The fourth-order valence-electron chi connectivity index (χ4n) is 2.81. The van der Waals surface area contributed by atoms with E-state index in [0.717, 1.165) is 12.8 Å². The van der Waals surface area contributed by atoms with Crippen molar-refractivity contribution in [2.45, 2.75) is 25.7 Å². The highest BCUT2D eigenvalue weighted by molar-refractivity contribution is 5.92. The van der Waals surface area contributed by atoms with Crippen LogP contribution in [0.1, 0.15) is 36.0 Å². The third kappa shape index (κ3) is 5.26. The number of carbonyl (C=O) groups is 3. The van der Waals surface area contributed by atoms with Gasteiger partial charge in [0.1, 0.15) is 5.75 Å². The highest BCUT2D eigenvalue weighted by Crippen LogP contribution is 2.21. The standard InChI is InChI=1S/C17H22N2O5/c18-17(23)13-4-6-14(7-5-13)24-11-15(20)19-9-1-2-12(10-19)3-8-16(21)22/h4-7,12H,1-3,8-11H2,(H2,18,23)(H,21,22). The van der Waals surface area contributed by atoms with E-state index in [4.69, 9.17) is 15.6 Å². The monoisotopic (exact) mass is 334 g/mol. The van der Waals surface area contributed by atoms with E-state index < -0.39 is 11.9 Å². The van der Waals surface area contributed by atoms with Gasteiger partial charge in [-0.3, -0.25) is 14.4 Å². The van der Waals surface area contributed by atoms with Crippen LogP contribution in [-0.4, -0.2) is 47.5 Å². The van der Waals surface area contributed by atoms with Gasteiger partial charge >= 0.3 is 5.97 Å². The summed E-state index contributed by atoms with van der Waals surface area (Å²) in [7, 11) is 0. The molecule has 2 amide bonds. The number of primary amides is 1. The van der Waals surface area contributed by atoms with Crippen molar-refractivity contribution in [3.63, 3.8) is 0 Å². The maximum Gasteiger partial charge on any atom is 0.303 e. The lowest BCUT2D eigenvalue weighted by Crippen LogP contribution is -2.42. The normalized spacial score (nSPS) is 17.3. The molecule has 1 aromatic rings. The van der Waals surface area contributed by atoms with Crippen LogP contribution in [0.5, 0.6) is 5.75 Å². The Morgan fingerprint density at radius 1 is 1.25 bits per heavy atom. The molecule has 24 heavy (non-hydrogen) atoms. The minimum absolute atomic E-state index is 0.0818. The highest BCUT2D eigenvalue weighted by Gasteiger charge is 2.24. The van der Waals surface area contributed by atoms with Gasteiger partial charge in [0.2, 0.25) is 5.91 Å². The Morgan fingerprint density at radius 2 is 1.96 bits per heavy atom. The summed E-state index contributed by atoms with van der Waals surface area (Å²) in [6.45, 7) is 1.17. The molecule has 0 aromatic heterocycles. The molecule has 0 aliphatic carbocycles. The lowest BCUT2D eigenvalue weighted by molar-refractivity contribution is -0.137. The first kappa shape index (κ1) is 17.8. The smallest absolute Gasteiger partial charge is 0.303 e. The van der Waals surface area contributed by atoms with Crippen LogP contribution >= 0.6 is 0 Å². The predicted molar refractivity (Wildman–Crippen MR) is 86.6 cm³/mol. The molecule has 7 nitrogen and oxygen atoms in total. The molecule has 1 atom stereocenters. The molecule has 130 valence electrons. The number of ether oxygens (including phenoxy) is 1. The molecule has 1 aromatic carbocycles. The lowest BCUT2D eigenvalue weighted by Gasteiger charge is -2.32. The summed E-state index contributed by atoms with van der Waals surface area (Å²) < 4.78 is 5.45. The number of carboxylic acid groups (broad SMARTS) is 1. The zero-order chi connectivity index (χ0) is 17.5. The van der Waals surface area contributed by atoms with E-state index in [0.29, 0.717) is 30.8 Å². The van der Waals surface area contributed by atoms with Crippen molar-refractivity contribution in [1.29, 1.82) is 0 Å². The second-order valence-electron chi connectivity index (χ2n) is 5.96. The first-order chi connectivity index (χ1) is 11.5. The molecule has 0 bridgehead atoms. The summed E-state index contributed by atoms with van der Waals surface area (Å²) >= 11 is 0. The van der Waals surface area contributed by atoms with E-state index in [1.54, 1.807) is 29.2 Å². The summed E-state index contributed by atoms with van der Waals surface area (Å²) in [6, 6.07) is 6.29. The van der Waals surface area contributed by atoms with Crippen LogP contribution < -0.4 is 10.5 Å². The summed E-state index contributed by atoms with van der Waals surface area (Å²) in [5.74, 6) is -0.713. The van der Waals surface area contributed by atoms with Gasteiger partial charge in [-0.05, 0) is 49.4 Å². The fourth-order valence-corrected chi connectivity index (χ4v) is 2.81. The Hall–Kier alpha value is -2.57. The summed E-state index contributed by atoms with van der Waals surface area (Å²) in [5, 5.41) is 8.75. The molecule has 1 heterocycles. The van der Waals surface area contributed by atoms with Crippen molar-refractivity contribution < 1.29 is 24.2 Å². The Balaban J connectivity index is 1.81. The van der Waals surface area contributed by atoms with Gasteiger partial charge in [0.05, 0.1) is 0 Å². The van der Waals surface area contributed by atoms with Crippen molar-refractivity contribution in [2.24, 2.45) is 11.7 Å². The molecule has 1 aliphatic rings. The maximum atomic E-state index is 12.2. The minimum Gasteiger partial charge on any atom is -0.484 e. The van der Waals surface area contributed by atoms with Crippen molar-refractivity contribution in [3.05, 3.63) is 29.8 Å². The largest absolute Gasteiger partial charge is 0.484 e. The Morgan fingerprint density at radius 3 is 2.58 bits per heavy atom. The van der Waals surface area contributed by atoms with Crippen LogP contribution in [0.25, 0.3) is 0 Å². The van der Waals surface area contributed by atoms with Gasteiger partial charge in [-0.25, -0.2) is 0 Å². The predicted octanol–water partition coefficient (Wildman–Crippen LogP) is 1.27. The van der Waals surface area contributed by atoms with E-state index in [9.17, 15) is 14.4 Å².